The smallest absolute Gasteiger partial charge is 1.00 e. The van der Waals surface area contributed by atoms with Crippen LogP contribution in [0.1, 0.15) is 31.0 Å². The van der Waals surface area contributed by atoms with Crippen molar-refractivity contribution in [2.45, 2.75) is 50.3 Å². The molecule has 0 aliphatic carbocycles. The molecule has 27 heteroatoms. The van der Waals surface area contributed by atoms with Crippen molar-refractivity contribution in [2.24, 2.45) is 0 Å². The van der Waals surface area contributed by atoms with Crippen LogP contribution in [0.15, 0.2) is 243 Å². The number of ketones is 1. The first kappa shape index (κ1) is 78.0. The van der Waals surface area contributed by atoms with Crippen LogP contribution in [0.4, 0.5) is 69.7 Å². The number of hydrogen-bond acceptors (Lipinski definition) is 8. The maximum atomic E-state index is 13.6. The van der Waals surface area contributed by atoms with E-state index in [1.807, 2.05) is 18.2 Å². The zero-order chi connectivity index (χ0) is 68.8. The van der Waals surface area contributed by atoms with E-state index in [0.29, 0.717) is 61.2 Å². The first-order chi connectivity index (χ1) is 45.9. The van der Waals surface area contributed by atoms with Crippen molar-refractivity contribution in [2.75, 3.05) is 34.9 Å². The summed E-state index contributed by atoms with van der Waals surface area (Å²) in [7, 11) is 0. The number of alkyl halides is 11. The Labute approximate surface area is 589 Å². The van der Waals surface area contributed by atoms with Gasteiger partial charge in [-0.15, -0.1) is 23.2 Å². The van der Waals surface area contributed by atoms with E-state index in [4.69, 9.17) is 33.7 Å². The molecule has 0 amide bonds. The fraction of sp³-hybridized carbons (Fsp3) is 0.155. The Balaban J connectivity index is 0.000000235. The molecule has 3 aromatic heterocycles. The van der Waals surface area contributed by atoms with Crippen LogP contribution in [0.5, 0.6) is 0 Å². The van der Waals surface area contributed by atoms with Crippen molar-refractivity contribution >= 4 is 102 Å². The Morgan fingerprint density at radius 3 is 1.32 bits per heavy atom. The molecule has 1 aliphatic rings. The van der Waals surface area contributed by atoms with E-state index in [-0.39, 0.29) is 72.5 Å². The van der Waals surface area contributed by atoms with E-state index in [2.05, 4.69) is 25.9 Å². The monoisotopic (exact) mass is 1410 g/mol. The molecule has 11 nitrogen and oxygen atoms in total. The summed E-state index contributed by atoms with van der Waals surface area (Å²) in [5.41, 5.74) is 12.1. The molecule has 4 N–H and O–H groups in total. The molecule has 1 unspecified atom stereocenters. The summed E-state index contributed by atoms with van der Waals surface area (Å²) in [5, 5.41) is 20.4. The average molecular weight is 1410 g/mol. The van der Waals surface area contributed by atoms with Gasteiger partial charge in [0.25, 0.3) is 0 Å². The fourth-order valence-corrected chi connectivity index (χ4v) is 9.40. The van der Waals surface area contributed by atoms with E-state index in [0.717, 1.165) is 35.9 Å². The number of fused-ring (bicyclic) bond motifs is 3. The minimum atomic E-state index is -4.73. The van der Waals surface area contributed by atoms with Crippen molar-refractivity contribution in [1.82, 2.24) is 29.3 Å². The minimum Gasteiger partial charge on any atom is -1.00 e. The Hall–Kier alpha value is -8.97. The zero-order valence-electron chi connectivity index (χ0n) is 52.5. The normalized spacial score (nSPS) is 12.2. The number of nitrogen functional groups attached to an aromatic ring is 1. The van der Waals surface area contributed by atoms with Gasteiger partial charge in [0.1, 0.15) is 29.2 Å². The van der Waals surface area contributed by atoms with Gasteiger partial charge in [-0.2, -0.15) is 54.8 Å². The number of carbonyl (C=O) groups excluding carboxylic acids is 1. The molecular weight excluding hydrogens is 1340 g/mol. The van der Waals surface area contributed by atoms with Gasteiger partial charge in [-0.1, -0.05) is 91.0 Å². The molecule has 12 aromatic rings. The van der Waals surface area contributed by atoms with E-state index in [1.165, 1.54) is 61.4 Å². The van der Waals surface area contributed by atoms with Gasteiger partial charge < -0.3 is 22.5 Å². The Bertz CT molecular complexity index is 4430. The van der Waals surface area contributed by atoms with Gasteiger partial charge in [0.2, 0.25) is 5.78 Å². The second-order valence-corrected chi connectivity index (χ2v) is 21.8. The maximum absolute atomic E-state index is 13.6. The topological polar surface area (TPSA) is 130 Å². The van der Waals surface area contributed by atoms with E-state index < -0.39 is 42.5 Å². The summed E-state index contributed by atoms with van der Waals surface area (Å²) < 4.78 is 166. The molecule has 1 saturated heterocycles. The number of anilines is 3. The fourth-order valence-electron chi connectivity index (χ4n) is 9.40. The van der Waals surface area contributed by atoms with Crippen molar-refractivity contribution < 1.29 is 82.5 Å². The number of nitrogens with two attached hydrogens (primary N) is 1. The number of halogens is 14. The number of benzene rings is 9. The second-order valence-electron chi connectivity index (χ2n) is 21.0. The third-order valence-corrected chi connectivity index (χ3v) is 14.0. The van der Waals surface area contributed by atoms with Gasteiger partial charge in [-0.05, 0) is 163 Å². The van der Waals surface area contributed by atoms with Crippen LogP contribution < -0.4 is 35.2 Å². The number of hydrogen-bond donors (Lipinski definition) is 3. The summed E-state index contributed by atoms with van der Waals surface area (Å²) in [6.07, 6.45) is -5.92. The van der Waals surface area contributed by atoms with Crippen LogP contribution in [-0.2, 0) is 22.4 Å². The number of ether oxygens (including phenoxy) is 1. The second kappa shape index (κ2) is 37.1. The summed E-state index contributed by atoms with van der Waals surface area (Å²) >= 11 is 9.53. The van der Waals surface area contributed by atoms with Gasteiger partial charge in [0.05, 0.1) is 57.5 Å². The van der Waals surface area contributed by atoms with Gasteiger partial charge in [-0.25, -0.2) is 27.2 Å². The van der Waals surface area contributed by atoms with Crippen LogP contribution in [0.25, 0.3) is 55.8 Å². The summed E-state index contributed by atoms with van der Waals surface area (Å²) in [4.78, 5) is 10.5. The molecule has 0 saturated carbocycles. The number of nitrogens with one attached hydrogen (secondary N) is 2. The van der Waals surface area contributed by atoms with Crippen LogP contribution in [0, 0.1) is 17.5 Å². The minimum absolute atomic E-state index is 0. The molecule has 98 heavy (non-hydrogen) atoms. The van der Waals surface area contributed by atoms with Crippen LogP contribution in [0.3, 0.4) is 0 Å². The number of Topliss-reactive ketones (excluding diaryl/α,β-unsaturated/α-hetero) is 1. The molecule has 506 valence electrons. The Morgan fingerprint density at radius 1 is 0.531 bits per heavy atom. The molecule has 0 radical (unpaired) electrons. The zero-order valence-corrected chi connectivity index (χ0v) is 53.0. The molecule has 13 rings (SSSR count). The predicted molar refractivity (Wildman–Crippen MR) is 364 cm³/mol. The first-order valence-electron chi connectivity index (χ1n) is 29.2. The molecule has 4 heterocycles. The van der Waals surface area contributed by atoms with E-state index in [9.17, 15) is 57.5 Å². The van der Waals surface area contributed by atoms with E-state index >= 15 is 0 Å². The van der Waals surface area contributed by atoms with Gasteiger partial charge >= 0.3 is 37.4 Å². The van der Waals surface area contributed by atoms with Gasteiger partial charge in [0, 0.05) is 59.3 Å². The summed E-state index contributed by atoms with van der Waals surface area (Å²) in [5.74, 6) is -2.68. The average Bonchev–Trinajstić information content (AvgIpc) is 1.70. The number of allylic oxidation sites excluding steroid dienone is 1. The Morgan fingerprint density at radius 2 is 0.918 bits per heavy atom. The molecule has 0 bridgehead atoms. The number of aromatic nitrogens is 6. The predicted octanol–water partition coefficient (Wildman–Crippen LogP) is 15.2. The maximum Gasteiger partial charge on any atom is 1.00 e. The number of carbonyl (C=O) groups is 1. The van der Waals surface area contributed by atoms with Crippen molar-refractivity contribution in [3.63, 3.8) is 0 Å². The van der Waals surface area contributed by atoms with Crippen molar-refractivity contribution in [3.05, 3.63) is 277 Å². The summed E-state index contributed by atoms with van der Waals surface area (Å²) in [6, 6.07) is 56.2. The largest absolute Gasteiger partial charge is 1.00 e. The van der Waals surface area contributed by atoms with Gasteiger partial charge in [-0.3, -0.25) is 4.79 Å². The molecular formula is C71H63AlCl2F12LiN9O2. The molecule has 1 fully saturated rings. The summed E-state index contributed by atoms with van der Waals surface area (Å²) in [6.45, 7) is 2.00. The third-order valence-electron chi connectivity index (χ3n) is 14.0. The van der Waals surface area contributed by atoms with Crippen LogP contribution in [0.2, 0.25) is 0 Å². The molecule has 0 spiro atoms. The van der Waals surface area contributed by atoms with Crippen LogP contribution in [-0.4, -0.2) is 95.6 Å². The van der Waals surface area contributed by atoms with Gasteiger partial charge in [0.15, 0.2) is 17.4 Å². The quantitative estimate of drug-likeness (QED) is 0.0477. The SMILES string of the molecule is C1CCOC1.ClCCl.Fc1ccc(-n2ncc3cc(N/C(=C/c4ccccc4)C(F)(F)F)ccc32)cc1.Fc1ccc(-n2ncc3cc(NC(Cc4ccccc4)C(F)(F)F)ccc32)cc1.Nc1ccc2c(cnn2-c2ccc(F)cc2)c1.O=C(Cc1ccccc1)C(F)(F)F.[AlH3].[H-].[Li+]. The standard InChI is InChI=1S/C22H17F4N3.C22H15F4N3.C13H10FN3.C9H7F3O.C4H8O.CH2Cl2.Al.Li.4H/c2*23-17-6-9-19(10-7-17)29-20-11-8-18(13-16(20)14-27-29)28-21(22(24,25)26)12-15-4-2-1-3-5-15;14-10-1-4-12(5-2-10)17-13-6-3-11(15)7-9(13)8-16-17;10-9(11,12)8(13)6-7-4-2-1-3-5-7;1-2-4-5-3-1;2-1-3;;;;;;/h1-11,13-14,21,28H,12H2;1-14,28H;1-8H,15H2;1-5H,6H2;1-4H2;1H2;;;;;;/q;;;;;;;+1;;;;-1/b;21-12+;;;;;;;;;;. The number of rotatable bonds is 12. The number of nitrogens with zero attached hydrogens (tertiary/aromatic N) is 6. The third kappa shape index (κ3) is 23.4. The molecule has 1 aliphatic heterocycles. The van der Waals surface area contributed by atoms with Crippen molar-refractivity contribution in [3.8, 4) is 17.1 Å². The molecule has 1 atom stereocenters. The van der Waals surface area contributed by atoms with Crippen molar-refractivity contribution in [1.29, 1.82) is 0 Å². The first-order valence-corrected chi connectivity index (χ1v) is 30.3. The van der Waals surface area contributed by atoms with Crippen LogP contribution >= 0.6 is 23.2 Å². The Kier molecular flexibility index (Phi) is 29.6. The van der Waals surface area contributed by atoms with E-state index in [1.54, 1.807) is 184 Å². The molecule has 9 aromatic carbocycles.